The summed E-state index contributed by atoms with van der Waals surface area (Å²) in [5, 5.41) is 12.7. The van der Waals surface area contributed by atoms with Crippen molar-refractivity contribution in [3.8, 4) is 0 Å². The molecule has 1 saturated heterocycles. The third-order valence-electron chi connectivity index (χ3n) is 5.02. The van der Waals surface area contributed by atoms with Gasteiger partial charge in [0.15, 0.2) is 5.78 Å². The van der Waals surface area contributed by atoms with Gasteiger partial charge >= 0.3 is 0 Å². The van der Waals surface area contributed by atoms with E-state index in [4.69, 9.17) is 0 Å². The van der Waals surface area contributed by atoms with Crippen LogP contribution in [-0.2, 0) is 0 Å². The molecule has 1 aliphatic heterocycles. The van der Waals surface area contributed by atoms with Gasteiger partial charge in [-0.25, -0.2) is 0 Å². The third-order valence-corrected chi connectivity index (χ3v) is 5.02. The van der Waals surface area contributed by atoms with Gasteiger partial charge in [0.1, 0.15) is 0 Å². The fourth-order valence-corrected chi connectivity index (χ4v) is 3.84. The van der Waals surface area contributed by atoms with Gasteiger partial charge in [-0.15, -0.1) is 0 Å². The first-order valence-electron chi connectivity index (χ1n) is 7.55. The first-order chi connectivity index (χ1) is 9.74. The average molecular weight is 268 g/mol. The number of rotatable bonds is 2. The highest BCUT2D eigenvalue weighted by atomic mass is 16.3. The second-order valence-electron chi connectivity index (χ2n) is 6.16. The Kier molecular flexibility index (Phi) is 2.55. The smallest absolute Gasteiger partial charge is 0.190 e. The van der Waals surface area contributed by atoms with Gasteiger partial charge in [-0.1, -0.05) is 36.4 Å². The first-order valence-corrected chi connectivity index (χ1v) is 7.55. The molecular formula is C17H18NO2-. The second kappa shape index (κ2) is 4.19. The molecule has 0 amide bonds. The van der Waals surface area contributed by atoms with Gasteiger partial charge in [0.05, 0.1) is 0 Å². The number of likely N-dealkylation sites (tertiary alicyclic amines) is 1. The van der Waals surface area contributed by atoms with Crippen LogP contribution in [0.1, 0.15) is 48.0 Å². The lowest BCUT2D eigenvalue weighted by atomic mass is 9.96. The number of piperidine rings is 1. The standard InChI is InChI=1S/C17H19NO2/c19-15-12-6-2-3-7-13(12)16(20)14(15)17(8-9-17)18-10-4-1-5-11-18/h2-3,6-7,19H,1,4-5,8-11H2/p-1. The van der Waals surface area contributed by atoms with Crippen LogP contribution in [0.4, 0.5) is 0 Å². The third kappa shape index (κ3) is 1.53. The Bertz CT molecular complexity index is 607. The van der Waals surface area contributed by atoms with Crippen molar-refractivity contribution in [3.05, 3.63) is 41.0 Å². The molecule has 0 aromatic heterocycles. The maximum Gasteiger partial charge on any atom is 0.190 e. The average Bonchev–Trinajstić information content (AvgIpc) is 3.25. The molecule has 0 atom stereocenters. The largest absolute Gasteiger partial charge is 0.872 e. The maximum absolute atomic E-state index is 12.7. The number of fused-ring (bicyclic) bond motifs is 1. The highest BCUT2D eigenvalue weighted by molar-refractivity contribution is 6.21. The SMILES string of the molecule is O=C1C(C2(N3CCCCC3)CC2)=C([O-])c2ccccc21. The molecule has 0 spiro atoms. The van der Waals surface area contributed by atoms with Crippen LogP contribution < -0.4 is 5.11 Å². The van der Waals surface area contributed by atoms with Crippen molar-refractivity contribution in [2.75, 3.05) is 13.1 Å². The van der Waals surface area contributed by atoms with E-state index in [1.54, 1.807) is 12.1 Å². The van der Waals surface area contributed by atoms with Gasteiger partial charge in [0.2, 0.25) is 0 Å². The molecule has 0 radical (unpaired) electrons. The normalized spacial score (nSPS) is 24.9. The molecule has 3 nitrogen and oxygen atoms in total. The zero-order chi connectivity index (χ0) is 13.7. The summed E-state index contributed by atoms with van der Waals surface area (Å²) in [6.07, 6.45) is 5.57. The van der Waals surface area contributed by atoms with Gasteiger partial charge < -0.3 is 5.11 Å². The second-order valence-corrected chi connectivity index (χ2v) is 6.16. The number of Topliss-reactive ketones (excluding diaryl/α,β-unsaturated/α-hetero) is 1. The number of carbonyl (C=O) groups excluding carboxylic acids is 1. The molecule has 2 fully saturated rings. The van der Waals surface area contributed by atoms with Gasteiger partial charge in [-0.3, -0.25) is 9.69 Å². The minimum absolute atomic E-state index is 0.0197. The van der Waals surface area contributed by atoms with Gasteiger partial charge in [0.25, 0.3) is 0 Å². The van der Waals surface area contributed by atoms with Crippen LogP contribution in [0.25, 0.3) is 5.76 Å². The van der Waals surface area contributed by atoms with E-state index < -0.39 is 0 Å². The lowest BCUT2D eigenvalue weighted by Gasteiger charge is -2.36. The molecule has 20 heavy (non-hydrogen) atoms. The minimum atomic E-state index is -0.229. The Morgan fingerprint density at radius 3 is 2.25 bits per heavy atom. The number of benzene rings is 1. The fourth-order valence-electron chi connectivity index (χ4n) is 3.84. The van der Waals surface area contributed by atoms with Crippen LogP contribution in [0.3, 0.4) is 0 Å². The molecule has 1 aromatic carbocycles. The molecule has 3 aliphatic rings. The van der Waals surface area contributed by atoms with E-state index in [0.29, 0.717) is 16.7 Å². The molecule has 1 aromatic rings. The molecule has 1 heterocycles. The zero-order valence-corrected chi connectivity index (χ0v) is 11.5. The molecule has 0 N–H and O–H groups in total. The van der Waals surface area contributed by atoms with Crippen molar-refractivity contribution < 1.29 is 9.90 Å². The summed E-state index contributed by atoms with van der Waals surface area (Å²) in [6.45, 7) is 2.06. The Morgan fingerprint density at radius 1 is 1.00 bits per heavy atom. The molecule has 0 bridgehead atoms. The summed E-state index contributed by atoms with van der Waals surface area (Å²) in [5.74, 6) is -0.0395. The summed E-state index contributed by atoms with van der Waals surface area (Å²) >= 11 is 0. The summed E-state index contributed by atoms with van der Waals surface area (Å²) < 4.78 is 0. The predicted octanol–water partition coefficient (Wildman–Crippen LogP) is 1.97. The minimum Gasteiger partial charge on any atom is -0.872 e. The number of nitrogens with zero attached hydrogens (tertiary/aromatic N) is 1. The predicted molar refractivity (Wildman–Crippen MR) is 75.1 cm³/mol. The van der Waals surface area contributed by atoms with Crippen LogP contribution >= 0.6 is 0 Å². The Hall–Kier alpha value is -1.61. The van der Waals surface area contributed by atoms with E-state index in [1.807, 2.05) is 12.1 Å². The number of hydrogen-bond donors (Lipinski definition) is 0. The van der Waals surface area contributed by atoms with Crippen LogP contribution in [0, 0.1) is 0 Å². The first kappa shape index (κ1) is 12.2. The van der Waals surface area contributed by atoms with Crippen LogP contribution in [0.5, 0.6) is 0 Å². The van der Waals surface area contributed by atoms with Crippen molar-refractivity contribution in [1.82, 2.24) is 4.90 Å². The molecule has 3 heteroatoms. The van der Waals surface area contributed by atoms with Crippen molar-refractivity contribution >= 4 is 11.5 Å². The Morgan fingerprint density at radius 2 is 1.65 bits per heavy atom. The lowest BCUT2D eigenvalue weighted by Crippen LogP contribution is -2.44. The van der Waals surface area contributed by atoms with Crippen LogP contribution in [0.2, 0.25) is 0 Å². The monoisotopic (exact) mass is 268 g/mol. The van der Waals surface area contributed by atoms with E-state index in [1.165, 1.54) is 19.3 Å². The maximum atomic E-state index is 12.7. The molecule has 2 aliphatic carbocycles. The fraction of sp³-hybridized carbons (Fsp3) is 0.471. The molecular weight excluding hydrogens is 250 g/mol. The van der Waals surface area contributed by atoms with Crippen molar-refractivity contribution in [3.63, 3.8) is 0 Å². The van der Waals surface area contributed by atoms with Crippen molar-refractivity contribution in [2.45, 2.75) is 37.6 Å². The highest BCUT2D eigenvalue weighted by Crippen LogP contribution is 2.53. The topological polar surface area (TPSA) is 43.4 Å². The quantitative estimate of drug-likeness (QED) is 0.823. The summed E-state index contributed by atoms with van der Waals surface area (Å²) in [5.41, 5.74) is 1.54. The van der Waals surface area contributed by atoms with E-state index in [0.717, 1.165) is 25.9 Å². The summed E-state index contributed by atoms with van der Waals surface area (Å²) in [7, 11) is 0. The van der Waals surface area contributed by atoms with E-state index in [-0.39, 0.29) is 17.1 Å². The summed E-state index contributed by atoms with van der Waals surface area (Å²) in [4.78, 5) is 15.0. The van der Waals surface area contributed by atoms with Crippen molar-refractivity contribution in [1.29, 1.82) is 0 Å². The van der Waals surface area contributed by atoms with Gasteiger partial charge in [-0.2, -0.15) is 0 Å². The molecule has 4 rings (SSSR count). The van der Waals surface area contributed by atoms with E-state index in [9.17, 15) is 9.90 Å². The lowest BCUT2D eigenvalue weighted by molar-refractivity contribution is -0.244. The molecule has 104 valence electrons. The van der Waals surface area contributed by atoms with Crippen LogP contribution in [0.15, 0.2) is 29.8 Å². The number of ketones is 1. The Labute approximate surface area is 118 Å². The van der Waals surface area contributed by atoms with Gasteiger partial charge in [-0.05, 0) is 44.3 Å². The molecule has 0 unspecified atom stereocenters. The van der Waals surface area contributed by atoms with Crippen molar-refractivity contribution in [2.24, 2.45) is 0 Å². The van der Waals surface area contributed by atoms with E-state index in [2.05, 4.69) is 4.90 Å². The van der Waals surface area contributed by atoms with Gasteiger partial charge in [0, 0.05) is 16.7 Å². The summed E-state index contributed by atoms with van der Waals surface area (Å²) in [6, 6.07) is 7.25. The Balaban J connectivity index is 1.76. The van der Waals surface area contributed by atoms with Crippen LogP contribution in [-0.4, -0.2) is 29.3 Å². The number of carbonyl (C=O) groups is 1. The van der Waals surface area contributed by atoms with E-state index >= 15 is 0 Å². The number of hydrogen-bond acceptors (Lipinski definition) is 3. The molecule has 1 saturated carbocycles. The highest BCUT2D eigenvalue weighted by Gasteiger charge is 2.54. The zero-order valence-electron chi connectivity index (χ0n) is 11.5.